The van der Waals surface area contributed by atoms with Gasteiger partial charge in [-0.1, -0.05) is 0 Å². The monoisotopic (exact) mass is 312 g/mol. The van der Waals surface area contributed by atoms with Crippen molar-refractivity contribution in [3.63, 3.8) is 0 Å². The Morgan fingerprint density at radius 1 is 1.45 bits per heavy atom. The molecule has 7 nitrogen and oxygen atoms in total. The van der Waals surface area contributed by atoms with Crippen LogP contribution in [-0.4, -0.2) is 15.5 Å². The van der Waals surface area contributed by atoms with Crippen LogP contribution in [0.1, 0.15) is 15.2 Å². The third kappa shape index (κ3) is 1.80. The molecule has 110 valence electrons. The van der Waals surface area contributed by atoms with Crippen LogP contribution in [0.15, 0.2) is 18.3 Å². The molecule has 0 bridgehead atoms. The lowest BCUT2D eigenvalue weighted by atomic mass is 10.0. The number of thiophene rings is 1. The number of amides is 1. The fourth-order valence-corrected chi connectivity index (χ4v) is 3.41. The van der Waals surface area contributed by atoms with Gasteiger partial charge in [0.15, 0.2) is 0 Å². The molecular weight excluding hydrogens is 300 g/mol. The number of nitriles is 1. The maximum absolute atomic E-state index is 11.5. The van der Waals surface area contributed by atoms with Crippen LogP contribution in [0.25, 0.3) is 21.5 Å². The van der Waals surface area contributed by atoms with Crippen molar-refractivity contribution in [3.8, 4) is 17.3 Å². The summed E-state index contributed by atoms with van der Waals surface area (Å²) in [5.41, 5.74) is 19.1. The zero-order valence-corrected chi connectivity index (χ0v) is 12.4. The van der Waals surface area contributed by atoms with E-state index >= 15 is 0 Å². The van der Waals surface area contributed by atoms with Gasteiger partial charge in [0.05, 0.1) is 5.69 Å². The third-order valence-corrected chi connectivity index (χ3v) is 4.55. The molecule has 0 atom stereocenters. The molecule has 22 heavy (non-hydrogen) atoms. The average Bonchev–Trinajstić information content (AvgIpc) is 3.01. The molecule has 0 radical (unpaired) electrons. The fraction of sp³-hybridized carbons (Fsp3) is 0.0714. The summed E-state index contributed by atoms with van der Waals surface area (Å²) >= 11 is 1.07. The summed E-state index contributed by atoms with van der Waals surface area (Å²) in [6, 6.07) is 5.76. The number of nitrogen functional groups attached to an aromatic ring is 2. The largest absolute Gasteiger partial charge is 0.397 e. The van der Waals surface area contributed by atoms with Crippen LogP contribution in [-0.2, 0) is 7.05 Å². The highest BCUT2D eigenvalue weighted by atomic mass is 32.1. The summed E-state index contributed by atoms with van der Waals surface area (Å²) in [6.07, 6.45) is 1.84. The lowest BCUT2D eigenvalue weighted by Crippen LogP contribution is -2.10. The van der Waals surface area contributed by atoms with Crippen LogP contribution in [0, 0.1) is 11.3 Å². The van der Waals surface area contributed by atoms with Crippen molar-refractivity contribution in [2.75, 3.05) is 11.5 Å². The summed E-state index contributed by atoms with van der Waals surface area (Å²) in [6.45, 7) is 0. The quantitative estimate of drug-likeness (QED) is 0.657. The van der Waals surface area contributed by atoms with Gasteiger partial charge in [0.25, 0.3) is 5.91 Å². The minimum atomic E-state index is -0.629. The number of rotatable bonds is 2. The average molecular weight is 312 g/mol. The van der Waals surface area contributed by atoms with E-state index in [1.54, 1.807) is 0 Å². The zero-order valence-electron chi connectivity index (χ0n) is 11.6. The molecule has 0 aliphatic carbocycles. The van der Waals surface area contributed by atoms with Gasteiger partial charge in [0, 0.05) is 29.9 Å². The standard InChI is InChI=1S/C14H12N6OS/c1-20-4-2-3-7(20)8-6(5-15)12(17)19-14-9(8)10(16)11(22-14)13(18)21/h2-4H,16H2,1H3,(H2,17,19)(H2,18,21). The summed E-state index contributed by atoms with van der Waals surface area (Å²) in [5.74, 6) is -0.529. The van der Waals surface area contributed by atoms with Crippen molar-refractivity contribution in [3.05, 3.63) is 28.8 Å². The molecule has 0 spiro atoms. The third-order valence-electron chi connectivity index (χ3n) is 3.44. The molecule has 3 rings (SSSR count). The van der Waals surface area contributed by atoms with Crippen LogP contribution < -0.4 is 17.2 Å². The number of carbonyl (C=O) groups excluding carboxylic acids is 1. The van der Waals surface area contributed by atoms with Gasteiger partial charge >= 0.3 is 0 Å². The van der Waals surface area contributed by atoms with Crippen LogP contribution >= 0.6 is 11.3 Å². The molecule has 0 saturated heterocycles. The van der Waals surface area contributed by atoms with E-state index < -0.39 is 5.91 Å². The zero-order chi connectivity index (χ0) is 16.0. The van der Waals surface area contributed by atoms with E-state index in [9.17, 15) is 10.1 Å². The second-order valence-corrected chi connectivity index (χ2v) is 5.75. The van der Waals surface area contributed by atoms with Crippen LogP contribution in [0.5, 0.6) is 0 Å². The number of hydrogen-bond donors (Lipinski definition) is 3. The first kappa shape index (κ1) is 13.9. The number of pyridine rings is 1. The Kier molecular flexibility index (Phi) is 3.00. The number of aromatic nitrogens is 2. The fourth-order valence-electron chi connectivity index (χ4n) is 2.44. The number of primary amides is 1. The molecule has 0 unspecified atom stereocenters. The van der Waals surface area contributed by atoms with E-state index in [4.69, 9.17) is 17.2 Å². The molecule has 0 aliphatic heterocycles. The normalized spacial score (nSPS) is 10.7. The van der Waals surface area contributed by atoms with Crippen molar-refractivity contribution >= 4 is 39.0 Å². The van der Waals surface area contributed by atoms with Gasteiger partial charge in [0.2, 0.25) is 0 Å². The van der Waals surface area contributed by atoms with E-state index in [2.05, 4.69) is 11.1 Å². The van der Waals surface area contributed by atoms with E-state index in [0.29, 0.717) is 15.8 Å². The van der Waals surface area contributed by atoms with Crippen molar-refractivity contribution in [2.45, 2.75) is 0 Å². The Hall–Kier alpha value is -3.05. The Bertz CT molecular complexity index is 962. The van der Waals surface area contributed by atoms with Gasteiger partial charge < -0.3 is 21.8 Å². The SMILES string of the molecule is Cn1cccc1-c1c(C#N)c(N)nc2sc(C(N)=O)c(N)c12. The van der Waals surface area contributed by atoms with E-state index in [1.165, 1.54) is 0 Å². The summed E-state index contributed by atoms with van der Waals surface area (Å²) in [7, 11) is 1.84. The van der Waals surface area contributed by atoms with Crippen LogP contribution in [0.4, 0.5) is 11.5 Å². The van der Waals surface area contributed by atoms with Gasteiger partial charge in [-0.05, 0) is 12.1 Å². The number of anilines is 2. The Labute approximate surface area is 129 Å². The van der Waals surface area contributed by atoms with Gasteiger partial charge in [-0.25, -0.2) is 4.98 Å². The number of fused-ring (bicyclic) bond motifs is 1. The molecule has 3 aromatic rings. The molecule has 3 aromatic heterocycles. The summed E-state index contributed by atoms with van der Waals surface area (Å²) < 4.78 is 1.84. The molecule has 0 aliphatic rings. The van der Waals surface area contributed by atoms with E-state index in [-0.39, 0.29) is 21.9 Å². The number of hydrogen-bond acceptors (Lipinski definition) is 6. The maximum Gasteiger partial charge on any atom is 0.260 e. The van der Waals surface area contributed by atoms with E-state index in [0.717, 1.165) is 17.0 Å². The second-order valence-electron chi connectivity index (χ2n) is 4.75. The first-order valence-electron chi connectivity index (χ1n) is 6.28. The van der Waals surface area contributed by atoms with Gasteiger partial charge in [-0.15, -0.1) is 11.3 Å². The van der Waals surface area contributed by atoms with E-state index in [1.807, 2.05) is 29.9 Å². The number of nitrogens with zero attached hydrogens (tertiary/aromatic N) is 3. The molecule has 6 N–H and O–H groups in total. The predicted molar refractivity (Wildman–Crippen MR) is 86.1 cm³/mol. The molecule has 0 aromatic carbocycles. The highest BCUT2D eigenvalue weighted by Gasteiger charge is 2.24. The molecule has 1 amide bonds. The molecule has 8 heteroatoms. The molecular formula is C14H12N6OS. The highest BCUT2D eigenvalue weighted by molar-refractivity contribution is 7.21. The minimum absolute atomic E-state index is 0.100. The first-order chi connectivity index (χ1) is 10.5. The number of aryl methyl sites for hydroxylation is 1. The Balaban J connectivity index is 2.54. The predicted octanol–water partition coefficient (Wildman–Crippen LogP) is 1.44. The van der Waals surface area contributed by atoms with Crippen molar-refractivity contribution in [1.82, 2.24) is 9.55 Å². The lowest BCUT2D eigenvalue weighted by molar-refractivity contribution is 0.100. The molecule has 0 fully saturated rings. The van der Waals surface area contributed by atoms with Crippen molar-refractivity contribution < 1.29 is 4.79 Å². The summed E-state index contributed by atoms with van der Waals surface area (Å²) in [4.78, 5) is 16.4. The topological polar surface area (TPSA) is 137 Å². The molecule has 3 heterocycles. The smallest absolute Gasteiger partial charge is 0.260 e. The lowest BCUT2D eigenvalue weighted by Gasteiger charge is -2.10. The van der Waals surface area contributed by atoms with Crippen LogP contribution in [0.2, 0.25) is 0 Å². The Morgan fingerprint density at radius 3 is 2.73 bits per heavy atom. The molecule has 0 saturated carbocycles. The number of nitrogens with two attached hydrogens (primary N) is 3. The summed E-state index contributed by atoms with van der Waals surface area (Å²) in [5, 5.41) is 9.98. The van der Waals surface area contributed by atoms with Crippen LogP contribution in [0.3, 0.4) is 0 Å². The Morgan fingerprint density at radius 2 is 2.18 bits per heavy atom. The van der Waals surface area contributed by atoms with Gasteiger partial charge in [-0.3, -0.25) is 4.79 Å². The van der Waals surface area contributed by atoms with Gasteiger partial charge in [0.1, 0.15) is 27.2 Å². The first-order valence-corrected chi connectivity index (χ1v) is 7.10. The van der Waals surface area contributed by atoms with Gasteiger partial charge in [-0.2, -0.15) is 5.26 Å². The second kappa shape index (κ2) is 4.75. The van der Waals surface area contributed by atoms with Crippen molar-refractivity contribution in [2.24, 2.45) is 12.8 Å². The van der Waals surface area contributed by atoms with Crippen molar-refractivity contribution in [1.29, 1.82) is 5.26 Å². The number of carbonyl (C=O) groups is 1. The minimum Gasteiger partial charge on any atom is -0.397 e. The maximum atomic E-state index is 11.5. The highest BCUT2D eigenvalue weighted by Crippen LogP contribution is 2.42.